The molecule has 1 atom stereocenters. The summed E-state index contributed by atoms with van der Waals surface area (Å²) >= 11 is 0. The van der Waals surface area contributed by atoms with E-state index in [9.17, 15) is 5.11 Å². The van der Waals surface area contributed by atoms with Gasteiger partial charge in [0, 0.05) is 0 Å². The second-order valence-electron chi connectivity index (χ2n) is 2.25. The molecule has 0 aliphatic rings. The smallest absolute Gasteiger partial charge is 0.127 e. The van der Waals surface area contributed by atoms with Crippen LogP contribution in [0.5, 0.6) is 5.75 Å². The van der Waals surface area contributed by atoms with E-state index in [0.717, 1.165) is 5.75 Å². The lowest BCUT2D eigenvalue weighted by Crippen LogP contribution is -2.11. The first kappa shape index (κ1) is 8.08. The van der Waals surface area contributed by atoms with Crippen molar-refractivity contribution in [1.82, 2.24) is 0 Å². The van der Waals surface area contributed by atoms with Gasteiger partial charge in [0.15, 0.2) is 0 Å². The third-order valence-corrected chi connectivity index (χ3v) is 1.18. The van der Waals surface area contributed by atoms with Gasteiger partial charge in [-0.05, 0) is 19.1 Å². The van der Waals surface area contributed by atoms with E-state index in [4.69, 9.17) is 4.74 Å². The number of ether oxygens (including phenoxy) is 1. The average molecular weight is 150 g/mol. The molecule has 0 aliphatic heterocycles. The first-order chi connectivity index (χ1) is 5.29. The molecule has 1 unspecified atom stereocenters. The van der Waals surface area contributed by atoms with Gasteiger partial charge in [0.1, 0.15) is 18.5 Å². The number of hydrogen-bond acceptors (Lipinski definition) is 1. The van der Waals surface area contributed by atoms with Crippen LogP contribution in [0.3, 0.4) is 0 Å². The molecule has 58 valence electrons. The van der Waals surface area contributed by atoms with Gasteiger partial charge in [-0.3, -0.25) is 0 Å². The zero-order chi connectivity index (χ0) is 8.10. The van der Waals surface area contributed by atoms with Crippen molar-refractivity contribution in [2.24, 2.45) is 0 Å². The summed E-state index contributed by atoms with van der Waals surface area (Å²) < 4.78 is 5.09. The van der Waals surface area contributed by atoms with Crippen LogP contribution in [0.4, 0.5) is 0 Å². The molecule has 0 aliphatic carbocycles. The lowest BCUT2D eigenvalue weighted by atomic mass is 10.3. The summed E-state index contributed by atoms with van der Waals surface area (Å²) in [6.07, 6.45) is -0.907. The van der Waals surface area contributed by atoms with Crippen LogP contribution in [0.15, 0.2) is 30.3 Å². The van der Waals surface area contributed by atoms with Gasteiger partial charge in [0.05, 0.1) is 0 Å². The quantitative estimate of drug-likeness (QED) is 0.644. The third-order valence-electron chi connectivity index (χ3n) is 1.18. The van der Waals surface area contributed by atoms with E-state index in [2.05, 4.69) is 6.92 Å². The maximum absolute atomic E-state index is 10.5. The third kappa shape index (κ3) is 3.05. The molecule has 1 rings (SSSR count). The van der Waals surface area contributed by atoms with E-state index in [-0.39, 0.29) is 6.61 Å². The summed E-state index contributed by atoms with van der Waals surface area (Å²) in [4.78, 5) is 0. The first-order valence-electron chi connectivity index (χ1n) is 3.46. The second kappa shape index (κ2) is 3.98. The Morgan fingerprint density at radius 2 is 2.00 bits per heavy atom. The second-order valence-corrected chi connectivity index (χ2v) is 2.25. The summed E-state index contributed by atoms with van der Waals surface area (Å²) in [5.74, 6) is 0.719. The Labute approximate surface area is 66.4 Å². The van der Waals surface area contributed by atoms with Crippen molar-refractivity contribution in [2.45, 2.75) is 6.10 Å². The lowest BCUT2D eigenvalue weighted by Gasteiger charge is -2.05. The fourth-order valence-electron chi connectivity index (χ4n) is 0.706. The maximum Gasteiger partial charge on any atom is 0.127 e. The molecule has 0 bridgehead atoms. The van der Waals surface area contributed by atoms with Crippen LogP contribution in [0, 0.1) is 6.92 Å². The summed E-state index contributed by atoms with van der Waals surface area (Å²) in [6.45, 7) is 3.40. The predicted octanol–water partition coefficient (Wildman–Crippen LogP) is 1.70. The molecule has 0 aromatic heterocycles. The minimum atomic E-state index is -0.907. The van der Waals surface area contributed by atoms with Crippen molar-refractivity contribution in [3.05, 3.63) is 37.3 Å². The fraction of sp³-hybridized carbons (Fsp3) is 0.222. The van der Waals surface area contributed by atoms with Crippen molar-refractivity contribution < 1.29 is 9.84 Å². The van der Waals surface area contributed by atoms with Crippen LogP contribution >= 0.6 is 0 Å². The Hall–Kier alpha value is -1.02. The normalized spacial score (nSPS) is 12.5. The Kier molecular flexibility index (Phi) is 2.93. The van der Waals surface area contributed by atoms with Gasteiger partial charge in [-0.1, -0.05) is 18.2 Å². The first-order valence-corrected chi connectivity index (χ1v) is 3.46. The Bertz CT molecular complexity index is 194. The molecule has 2 nitrogen and oxygen atoms in total. The topological polar surface area (TPSA) is 29.1 Å². The van der Waals surface area contributed by atoms with Crippen LogP contribution < -0.4 is 4.74 Å². The van der Waals surface area contributed by atoms with Crippen molar-refractivity contribution in [1.29, 1.82) is 0 Å². The van der Waals surface area contributed by atoms with E-state index < -0.39 is 6.10 Å². The van der Waals surface area contributed by atoms with Gasteiger partial charge in [-0.2, -0.15) is 0 Å². The van der Waals surface area contributed by atoms with Gasteiger partial charge in [0.2, 0.25) is 0 Å². The lowest BCUT2D eigenvalue weighted by molar-refractivity contribution is 0.0776. The molecule has 0 N–H and O–H groups in total. The van der Waals surface area contributed by atoms with Gasteiger partial charge in [0.25, 0.3) is 0 Å². The highest BCUT2D eigenvalue weighted by molar-refractivity contribution is 5.20. The van der Waals surface area contributed by atoms with E-state index >= 15 is 0 Å². The highest BCUT2D eigenvalue weighted by atomic mass is 16.5. The van der Waals surface area contributed by atoms with Gasteiger partial charge < -0.3 is 4.74 Å². The standard InChI is InChI=1S/C9H10O2/c1-8(10)7-11-9-5-3-2-4-6-9/h2-6,8H,1,7H2. The summed E-state index contributed by atoms with van der Waals surface area (Å²) in [6, 6.07) is 9.23. The number of para-hydroxylation sites is 1. The van der Waals surface area contributed by atoms with E-state index in [1.54, 1.807) is 0 Å². The molecule has 11 heavy (non-hydrogen) atoms. The Morgan fingerprint density at radius 1 is 1.36 bits per heavy atom. The van der Waals surface area contributed by atoms with Crippen molar-refractivity contribution in [3.8, 4) is 5.75 Å². The monoisotopic (exact) mass is 150 g/mol. The van der Waals surface area contributed by atoms with Crippen molar-refractivity contribution in [3.63, 3.8) is 0 Å². The maximum atomic E-state index is 10.5. The van der Waals surface area contributed by atoms with Crippen LogP contribution in [0.2, 0.25) is 0 Å². The van der Waals surface area contributed by atoms with Crippen molar-refractivity contribution in [2.75, 3.05) is 6.61 Å². The van der Waals surface area contributed by atoms with Gasteiger partial charge in [-0.25, -0.2) is 5.11 Å². The Morgan fingerprint density at radius 3 is 2.55 bits per heavy atom. The molecule has 0 saturated carbocycles. The average Bonchev–Trinajstić information content (AvgIpc) is 2.03. The number of benzene rings is 1. The van der Waals surface area contributed by atoms with Gasteiger partial charge in [-0.15, -0.1) is 0 Å². The fourth-order valence-corrected chi connectivity index (χ4v) is 0.706. The SMILES string of the molecule is [CH2]C([O])COc1ccccc1. The molecule has 1 aromatic carbocycles. The molecular weight excluding hydrogens is 140 g/mol. The zero-order valence-electron chi connectivity index (χ0n) is 6.19. The molecule has 2 radical (unpaired) electrons. The summed E-state index contributed by atoms with van der Waals surface area (Å²) in [7, 11) is 0. The molecule has 1 aromatic rings. The highest BCUT2D eigenvalue weighted by Crippen LogP contribution is 2.07. The minimum absolute atomic E-state index is 0.129. The van der Waals surface area contributed by atoms with E-state index in [1.807, 2.05) is 30.3 Å². The summed E-state index contributed by atoms with van der Waals surface area (Å²) in [5, 5.41) is 10.5. The molecule has 2 heteroatoms. The molecule has 0 amide bonds. The van der Waals surface area contributed by atoms with E-state index in [0.29, 0.717) is 0 Å². The molecule has 0 fully saturated rings. The molecule has 0 saturated heterocycles. The van der Waals surface area contributed by atoms with Crippen LogP contribution in [0.1, 0.15) is 0 Å². The minimum Gasteiger partial charge on any atom is -0.491 e. The predicted molar refractivity (Wildman–Crippen MR) is 41.8 cm³/mol. The summed E-state index contributed by atoms with van der Waals surface area (Å²) in [5.41, 5.74) is 0. The van der Waals surface area contributed by atoms with Crippen molar-refractivity contribution >= 4 is 0 Å². The number of hydrogen-bond donors (Lipinski definition) is 0. The molecule has 0 heterocycles. The van der Waals surface area contributed by atoms with Crippen LogP contribution in [-0.4, -0.2) is 12.7 Å². The highest BCUT2D eigenvalue weighted by Gasteiger charge is 1.97. The molecule has 0 spiro atoms. The molecular formula is C9H10O2. The Balaban J connectivity index is 2.39. The zero-order valence-corrected chi connectivity index (χ0v) is 6.19. The number of rotatable bonds is 3. The largest absolute Gasteiger partial charge is 0.491 e. The van der Waals surface area contributed by atoms with Crippen LogP contribution in [0.25, 0.3) is 0 Å². The van der Waals surface area contributed by atoms with E-state index in [1.165, 1.54) is 0 Å². The van der Waals surface area contributed by atoms with Crippen LogP contribution in [-0.2, 0) is 5.11 Å². The van der Waals surface area contributed by atoms with Gasteiger partial charge >= 0.3 is 0 Å².